The first kappa shape index (κ1) is 22.1. The molecular formula is C27H24N4O2S. The van der Waals surface area contributed by atoms with Gasteiger partial charge in [0, 0.05) is 5.56 Å². The summed E-state index contributed by atoms with van der Waals surface area (Å²) in [6.45, 7) is 6.06. The van der Waals surface area contributed by atoms with E-state index in [1.807, 2.05) is 85.0 Å². The van der Waals surface area contributed by atoms with Crippen LogP contribution >= 0.6 is 11.8 Å². The summed E-state index contributed by atoms with van der Waals surface area (Å²) in [5.41, 5.74) is 5.24. The number of hydrogen-bond acceptors (Lipinski definition) is 5. The summed E-state index contributed by atoms with van der Waals surface area (Å²) in [6, 6.07) is 21.2. The van der Waals surface area contributed by atoms with Crippen molar-refractivity contribution in [2.24, 2.45) is 0 Å². The number of aromatic nitrogens is 4. The van der Waals surface area contributed by atoms with Crippen LogP contribution in [0.15, 0.2) is 76.7 Å². The molecule has 7 heteroatoms. The molecule has 6 nitrogen and oxygen atoms in total. The molecule has 0 aliphatic heterocycles. The number of para-hydroxylation sites is 1. The molecule has 0 aliphatic carbocycles. The van der Waals surface area contributed by atoms with E-state index in [-0.39, 0.29) is 17.1 Å². The summed E-state index contributed by atoms with van der Waals surface area (Å²) in [5.74, 6) is 0.680. The number of aryl methyl sites for hydroxylation is 3. The lowest BCUT2D eigenvalue weighted by Crippen LogP contribution is -2.22. The van der Waals surface area contributed by atoms with Gasteiger partial charge in [0.2, 0.25) is 5.78 Å². The Hall–Kier alpha value is -3.71. The van der Waals surface area contributed by atoms with Crippen molar-refractivity contribution in [1.82, 2.24) is 19.2 Å². The highest BCUT2D eigenvalue weighted by molar-refractivity contribution is 7.99. The van der Waals surface area contributed by atoms with Crippen LogP contribution in [0, 0.1) is 13.8 Å². The van der Waals surface area contributed by atoms with E-state index in [9.17, 15) is 9.59 Å². The number of benzene rings is 3. The van der Waals surface area contributed by atoms with Gasteiger partial charge in [0.1, 0.15) is 0 Å². The highest BCUT2D eigenvalue weighted by Gasteiger charge is 2.19. The Morgan fingerprint density at radius 3 is 2.50 bits per heavy atom. The summed E-state index contributed by atoms with van der Waals surface area (Å²) in [4.78, 5) is 26.4. The van der Waals surface area contributed by atoms with Crippen molar-refractivity contribution in [3.63, 3.8) is 0 Å². The standard InChI is InChI=1S/C27H24N4O2S/c1-4-19-11-13-20(14-12-19)24(32)16-34-27-29-28-26-30(23-15-17(2)9-10-18(23)3)25(33)21-7-5-6-8-22(21)31(26)27/h5-15H,4,16H2,1-3H3. The average Bonchev–Trinajstić information content (AvgIpc) is 3.28. The molecule has 0 atom stereocenters. The number of rotatable bonds is 6. The molecule has 5 aromatic rings. The molecule has 34 heavy (non-hydrogen) atoms. The number of Topliss-reactive ketones (excluding diaryl/α,β-unsaturated/α-hetero) is 1. The van der Waals surface area contributed by atoms with Crippen LogP contribution in [-0.4, -0.2) is 30.7 Å². The average molecular weight is 469 g/mol. The van der Waals surface area contributed by atoms with Gasteiger partial charge in [-0.3, -0.25) is 14.0 Å². The van der Waals surface area contributed by atoms with Gasteiger partial charge in [-0.25, -0.2) is 4.57 Å². The SMILES string of the molecule is CCc1ccc(C(=O)CSc2nnc3n(-c4cc(C)ccc4C)c(=O)c4ccccc4n23)cc1. The minimum absolute atomic E-state index is 0.0246. The summed E-state index contributed by atoms with van der Waals surface area (Å²) in [7, 11) is 0. The van der Waals surface area contributed by atoms with Crippen LogP contribution in [0.5, 0.6) is 0 Å². The summed E-state index contributed by atoms with van der Waals surface area (Å²) >= 11 is 1.33. The van der Waals surface area contributed by atoms with Crippen molar-refractivity contribution in [3.05, 3.63) is 99.3 Å². The second-order valence-corrected chi connectivity index (χ2v) is 9.27. The fourth-order valence-corrected chi connectivity index (χ4v) is 4.92. The van der Waals surface area contributed by atoms with Crippen molar-refractivity contribution in [1.29, 1.82) is 0 Å². The van der Waals surface area contributed by atoms with Crippen LogP contribution in [0.4, 0.5) is 0 Å². The first-order valence-electron chi connectivity index (χ1n) is 11.2. The van der Waals surface area contributed by atoms with Gasteiger partial charge in [-0.15, -0.1) is 10.2 Å². The van der Waals surface area contributed by atoms with Gasteiger partial charge in [-0.05, 0) is 55.2 Å². The second-order valence-electron chi connectivity index (χ2n) is 8.33. The zero-order valence-electron chi connectivity index (χ0n) is 19.3. The predicted molar refractivity (Wildman–Crippen MR) is 136 cm³/mol. The molecule has 0 amide bonds. The molecular weight excluding hydrogens is 444 g/mol. The lowest BCUT2D eigenvalue weighted by Gasteiger charge is -2.14. The molecule has 0 unspecified atom stereocenters. The lowest BCUT2D eigenvalue weighted by atomic mass is 10.1. The van der Waals surface area contributed by atoms with Gasteiger partial charge < -0.3 is 0 Å². The maximum Gasteiger partial charge on any atom is 0.267 e. The first-order valence-corrected chi connectivity index (χ1v) is 12.2. The van der Waals surface area contributed by atoms with Gasteiger partial charge in [0.25, 0.3) is 5.56 Å². The van der Waals surface area contributed by atoms with Crippen molar-refractivity contribution in [3.8, 4) is 5.69 Å². The Labute approximate surface area is 201 Å². The molecule has 0 fully saturated rings. The van der Waals surface area contributed by atoms with Crippen molar-refractivity contribution >= 4 is 34.2 Å². The largest absolute Gasteiger partial charge is 0.293 e. The van der Waals surface area contributed by atoms with E-state index >= 15 is 0 Å². The van der Waals surface area contributed by atoms with Gasteiger partial charge in [0.15, 0.2) is 10.9 Å². The third kappa shape index (κ3) is 3.82. The molecule has 0 spiro atoms. The highest BCUT2D eigenvalue weighted by atomic mass is 32.2. The van der Waals surface area contributed by atoms with Crippen LogP contribution in [0.3, 0.4) is 0 Å². The maximum atomic E-state index is 13.5. The molecule has 0 aliphatic rings. The Bertz CT molecular complexity index is 1600. The van der Waals surface area contributed by atoms with Crippen LogP contribution in [0.25, 0.3) is 22.4 Å². The zero-order valence-corrected chi connectivity index (χ0v) is 20.1. The molecule has 0 radical (unpaired) electrons. The number of fused-ring (bicyclic) bond motifs is 3. The molecule has 0 N–H and O–H groups in total. The Morgan fingerprint density at radius 1 is 0.971 bits per heavy atom. The van der Waals surface area contributed by atoms with Crippen LogP contribution in [0.2, 0.25) is 0 Å². The summed E-state index contributed by atoms with van der Waals surface area (Å²) < 4.78 is 3.49. The van der Waals surface area contributed by atoms with E-state index in [1.165, 1.54) is 17.3 Å². The predicted octanol–water partition coefficient (Wildman–Crippen LogP) is 5.19. The lowest BCUT2D eigenvalue weighted by molar-refractivity contribution is 0.102. The zero-order chi connectivity index (χ0) is 23.8. The van der Waals surface area contributed by atoms with E-state index in [2.05, 4.69) is 17.1 Å². The summed E-state index contributed by atoms with van der Waals surface area (Å²) in [5, 5.41) is 9.92. The third-order valence-corrected chi connectivity index (χ3v) is 6.95. The van der Waals surface area contributed by atoms with E-state index in [4.69, 9.17) is 0 Å². The second kappa shape index (κ2) is 8.91. The third-order valence-electron chi connectivity index (χ3n) is 6.02. The molecule has 5 rings (SSSR count). The molecule has 0 saturated carbocycles. The van der Waals surface area contributed by atoms with E-state index < -0.39 is 0 Å². The monoisotopic (exact) mass is 468 g/mol. The normalized spacial score (nSPS) is 11.4. The van der Waals surface area contributed by atoms with Crippen LogP contribution < -0.4 is 5.56 Å². The number of ketones is 1. The molecule has 0 bridgehead atoms. The molecule has 3 aromatic carbocycles. The minimum Gasteiger partial charge on any atom is -0.293 e. The fourth-order valence-electron chi connectivity index (χ4n) is 4.09. The topological polar surface area (TPSA) is 69.3 Å². The molecule has 170 valence electrons. The number of nitrogens with zero attached hydrogens (tertiary/aromatic N) is 4. The van der Waals surface area contributed by atoms with Gasteiger partial charge >= 0.3 is 0 Å². The Balaban J connectivity index is 1.62. The van der Waals surface area contributed by atoms with Crippen LogP contribution in [-0.2, 0) is 6.42 Å². The van der Waals surface area contributed by atoms with Gasteiger partial charge in [-0.2, -0.15) is 0 Å². The fraction of sp³-hybridized carbons (Fsp3) is 0.185. The van der Waals surface area contributed by atoms with Crippen molar-refractivity contribution in [2.75, 3.05) is 5.75 Å². The van der Waals surface area contributed by atoms with E-state index in [0.717, 1.165) is 28.8 Å². The van der Waals surface area contributed by atoms with Crippen LogP contribution in [0.1, 0.15) is 34.0 Å². The Morgan fingerprint density at radius 2 is 1.74 bits per heavy atom. The van der Waals surface area contributed by atoms with Gasteiger partial charge in [-0.1, -0.05) is 67.2 Å². The number of hydrogen-bond donors (Lipinski definition) is 0. The number of carbonyl (C=O) groups excluding carboxylic acids is 1. The van der Waals surface area contributed by atoms with Gasteiger partial charge in [0.05, 0.1) is 22.3 Å². The quantitative estimate of drug-likeness (QED) is 0.253. The summed E-state index contributed by atoms with van der Waals surface area (Å²) in [6.07, 6.45) is 0.935. The number of carbonyl (C=O) groups is 1. The molecule has 2 heterocycles. The minimum atomic E-state index is -0.146. The smallest absolute Gasteiger partial charge is 0.267 e. The van der Waals surface area contributed by atoms with E-state index in [0.29, 0.717) is 21.9 Å². The van der Waals surface area contributed by atoms with E-state index in [1.54, 1.807) is 4.57 Å². The van der Waals surface area contributed by atoms with Crippen molar-refractivity contribution < 1.29 is 4.79 Å². The molecule has 2 aromatic heterocycles. The maximum absolute atomic E-state index is 13.5. The van der Waals surface area contributed by atoms with Crippen molar-refractivity contribution in [2.45, 2.75) is 32.3 Å². The highest BCUT2D eigenvalue weighted by Crippen LogP contribution is 2.25. The Kier molecular flexibility index (Phi) is 5.79. The molecule has 0 saturated heterocycles. The first-order chi connectivity index (χ1) is 16.5. The number of thioether (sulfide) groups is 1.